The first-order chi connectivity index (χ1) is 11.0. The average molecular weight is 317 g/mol. The van der Waals surface area contributed by atoms with Crippen LogP contribution in [0, 0.1) is 17.2 Å². The smallest absolute Gasteiger partial charge is 0.260 e. The minimum atomic E-state index is -0.0346. The normalized spacial score (nSPS) is 20.4. The lowest BCUT2D eigenvalue weighted by molar-refractivity contribution is -0.132. The Morgan fingerprint density at radius 3 is 2.70 bits per heavy atom. The number of likely N-dealkylation sites (tertiary alicyclic amines) is 1. The third-order valence-electron chi connectivity index (χ3n) is 4.23. The second-order valence-corrected chi connectivity index (χ2v) is 6.07. The van der Waals surface area contributed by atoms with Gasteiger partial charge in [0.2, 0.25) is 0 Å². The van der Waals surface area contributed by atoms with Gasteiger partial charge in [-0.3, -0.25) is 4.79 Å². The van der Waals surface area contributed by atoms with Gasteiger partial charge < -0.3 is 19.3 Å². The number of hydrogen-bond donors (Lipinski definition) is 0. The first-order valence-electron chi connectivity index (χ1n) is 7.61. The van der Waals surface area contributed by atoms with Crippen LogP contribution in [0.15, 0.2) is 18.2 Å². The topological polar surface area (TPSA) is 65.8 Å². The standard InChI is InChI=1S/C17H23N3O3/c1-12-9-20(10-14(12)19(2)3)17(21)11-23-15-6-5-13(8-18)7-16(15)22-4/h5-7,12,14H,9-11H2,1-4H3. The van der Waals surface area contributed by atoms with Gasteiger partial charge in [0.1, 0.15) is 0 Å². The number of rotatable bonds is 5. The molecular formula is C17H23N3O3. The fourth-order valence-corrected chi connectivity index (χ4v) is 2.91. The number of benzene rings is 1. The van der Waals surface area contributed by atoms with Crippen LogP contribution >= 0.6 is 0 Å². The van der Waals surface area contributed by atoms with E-state index in [4.69, 9.17) is 14.7 Å². The monoisotopic (exact) mass is 317 g/mol. The van der Waals surface area contributed by atoms with E-state index in [9.17, 15) is 4.79 Å². The zero-order valence-corrected chi connectivity index (χ0v) is 14.1. The fourth-order valence-electron chi connectivity index (χ4n) is 2.91. The second-order valence-electron chi connectivity index (χ2n) is 6.07. The lowest BCUT2D eigenvalue weighted by atomic mass is 10.1. The van der Waals surface area contributed by atoms with Gasteiger partial charge in [0.05, 0.1) is 18.7 Å². The van der Waals surface area contributed by atoms with E-state index in [0.29, 0.717) is 29.0 Å². The SMILES string of the molecule is COc1cc(C#N)ccc1OCC(=O)N1CC(C)C(N(C)C)C1. The molecule has 1 amide bonds. The van der Waals surface area contributed by atoms with Crippen molar-refractivity contribution in [1.29, 1.82) is 5.26 Å². The Labute approximate surface area is 137 Å². The number of amides is 1. The molecule has 2 atom stereocenters. The number of hydrogen-bond acceptors (Lipinski definition) is 5. The van der Waals surface area contributed by atoms with Gasteiger partial charge in [-0.2, -0.15) is 5.26 Å². The highest BCUT2D eigenvalue weighted by atomic mass is 16.5. The van der Waals surface area contributed by atoms with E-state index < -0.39 is 0 Å². The molecule has 1 aliphatic rings. The maximum atomic E-state index is 12.3. The zero-order chi connectivity index (χ0) is 17.0. The molecule has 1 aromatic carbocycles. The summed E-state index contributed by atoms with van der Waals surface area (Å²) >= 11 is 0. The summed E-state index contributed by atoms with van der Waals surface area (Å²) in [6.45, 7) is 3.59. The number of carbonyl (C=O) groups is 1. The average Bonchev–Trinajstić information content (AvgIpc) is 2.94. The number of methoxy groups -OCH3 is 1. The number of nitrogens with zero attached hydrogens (tertiary/aromatic N) is 3. The molecule has 0 spiro atoms. The van der Waals surface area contributed by atoms with Crippen LogP contribution in [0.3, 0.4) is 0 Å². The van der Waals surface area contributed by atoms with Crippen LogP contribution in [-0.2, 0) is 4.79 Å². The van der Waals surface area contributed by atoms with E-state index in [1.54, 1.807) is 18.2 Å². The van der Waals surface area contributed by atoms with Crippen LogP contribution in [0.25, 0.3) is 0 Å². The third-order valence-corrected chi connectivity index (χ3v) is 4.23. The summed E-state index contributed by atoms with van der Waals surface area (Å²) in [4.78, 5) is 16.3. The predicted octanol–water partition coefficient (Wildman–Crippen LogP) is 1.35. The zero-order valence-electron chi connectivity index (χ0n) is 14.1. The second kappa shape index (κ2) is 7.34. The molecule has 6 heteroatoms. The molecule has 0 radical (unpaired) electrons. The Balaban J connectivity index is 1.96. The van der Waals surface area contributed by atoms with Crippen molar-refractivity contribution in [3.8, 4) is 17.6 Å². The summed E-state index contributed by atoms with van der Waals surface area (Å²) in [5, 5.41) is 8.89. The van der Waals surface area contributed by atoms with E-state index >= 15 is 0 Å². The Kier molecular flexibility index (Phi) is 5.45. The van der Waals surface area contributed by atoms with Crippen molar-refractivity contribution in [3.05, 3.63) is 23.8 Å². The fraction of sp³-hybridized carbons (Fsp3) is 0.529. The summed E-state index contributed by atoms with van der Waals surface area (Å²) < 4.78 is 10.8. The molecule has 0 aliphatic carbocycles. The molecule has 124 valence electrons. The van der Waals surface area contributed by atoms with Gasteiger partial charge in [-0.05, 0) is 32.1 Å². The largest absolute Gasteiger partial charge is 0.493 e. The van der Waals surface area contributed by atoms with Gasteiger partial charge in [-0.1, -0.05) is 6.92 Å². The van der Waals surface area contributed by atoms with Crippen LogP contribution in [0.5, 0.6) is 11.5 Å². The molecule has 0 aromatic heterocycles. The van der Waals surface area contributed by atoms with E-state index in [1.165, 1.54) is 7.11 Å². The van der Waals surface area contributed by atoms with Gasteiger partial charge in [-0.25, -0.2) is 0 Å². The Hall–Kier alpha value is -2.26. The van der Waals surface area contributed by atoms with Gasteiger partial charge in [0.15, 0.2) is 18.1 Å². The van der Waals surface area contributed by atoms with Crippen molar-refractivity contribution in [2.24, 2.45) is 5.92 Å². The Morgan fingerprint density at radius 2 is 2.13 bits per heavy atom. The Morgan fingerprint density at radius 1 is 1.39 bits per heavy atom. The summed E-state index contributed by atoms with van der Waals surface area (Å²) in [5.74, 6) is 1.33. The molecule has 1 heterocycles. The van der Waals surface area contributed by atoms with E-state index in [1.807, 2.05) is 25.1 Å². The molecule has 6 nitrogen and oxygen atoms in total. The minimum Gasteiger partial charge on any atom is -0.493 e. The molecular weight excluding hydrogens is 294 g/mol. The van der Waals surface area contributed by atoms with E-state index in [0.717, 1.165) is 13.1 Å². The van der Waals surface area contributed by atoms with Crippen molar-refractivity contribution >= 4 is 5.91 Å². The molecule has 2 rings (SSSR count). The number of carbonyl (C=O) groups excluding carboxylic acids is 1. The van der Waals surface area contributed by atoms with E-state index in [2.05, 4.69) is 11.8 Å². The van der Waals surface area contributed by atoms with Crippen molar-refractivity contribution in [1.82, 2.24) is 9.80 Å². The molecule has 0 saturated carbocycles. The summed E-state index contributed by atoms with van der Waals surface area (Å²) in [6.07, 6.45) is 0. The van der Waals surface area contributed by atoms with Crippen LogP contribution in [-0.4, -0.2) is 62.7 Å². The number of nitriles is 1. The van der Waals surface area contributed by atoms with Gasteiger partial charge in [-0.15, -0.1) is 0 Å². The quantitative estimate of drug-likeness (QED) is 0.820. The van der Waals surface area contributed by atoms with Crippen molar-refractivity contribution in [2.75, 3.05) is 40.9 Å². The first-order valence-corrected chi connectivity index (χ1v) is 7.61. The van der Waals surface area contributed by atoms with Crippen LogP contribution in [0.2, 0.25) is 0 Å². The molecule has 1 fully saturated rings. The van der Waals surface area contributed by atoms with E-state index in [-0.39, 0.29) is 12.5 Å². The molecule has 0 N–H and O–H groups in total. The number of likely N-dealkylation sites (N-methyl/N-ethyl adjacent to an activating group) is 1. The first kappa shape index (κ1) is 17.1. The lowest BCUT2D eigenvalue weighted by Crippen LogP contribution is -2.37. The maximum absolute atomic E-state index is 12.3. The molecule has 1 aromatic rings. The van der Waals surface area contributed by atoms with Crippen molar-refractivity contribution in [3.63, 3.8) is 0 Å². The van der Waals surface area contributed by atoms with Gasteiger partial charge >= 0.3 is 0 Å². The summed E-state index contributed by atoms with van der Waals surface area (Å²) in [6, 6.07) is 7.31. The Bertz CT molecular complexity index is 610. The molecule has 23 heavy (non-hydrogen) atoms. The van der Waals surface area contributed by atoms with Gasteiger partial charge in [0, 0.05) is 25.2 Å². The molecule has 1 saturated heterocycles. The summed E-state index contributed by atoms with van der Waals surface area (Å²) in [5.41, 5.74) is 0.489. The molecule has 0 bridgehead atoms. The maximum Gasteiger partial charge on any atom is 0.260 e. The number of ether oxygens (including phenoxy) is 2. The van der Waals surface area contributed by atoms with Crippen LogP contribution < -0.4 is 9.47 Å². The van der Waals surface area contributed by atoms with Gasteiger partial charge in [0.25, 0.3) is 5.91 Å². The van der Waals surface area contributed by atoms with Crippen molar-refractivity contribution < 1.29 is 14.3 Å². The van der Waals surface area contributed by atoms with Crippen LogP contribution in [0.1, 0.15) is 12.5 Å². The molecule has 1 aliphatic heterocycles. The lowest BCUT2D eigenvalue weighted by Gasteiger charge is -2.22. The molecule has 2 unspecified atom stereocenters. The highest BCUT2D eigenvalue weighted by molar-refractivity contribution is 5.78. The summed E-state index contributed by atoms with van der Waals surface area (Å²) in [7, 11) is 5.58. The predicted molar refractivity (Wildman–Crippen MR) is 86.4 cm³/mol. The third kappa shape index (κ3) is 3.93. The highest BCUT2D eigenvalue weighted by Gasteiger charge is 2.33. The van der Waals surface area contributed by atoms with Crippen molar-refractivity contribution in [2.45, 2.75) is 13.0 Å². The van der Waals surface area contributed by atoms with Crippen LogP contribution in [0.4, 0.5) is 0 Å². The highest BCUT2D eigenvalue weighted by Crippen LogP contribution is 2.28. The minimum absolute atomic E-state index is 0.0326.